The molecular weight excluding hydrogens is 228 g/mol. The molecular formula is C11H9F2N3O. The van der Waals surface area contributed by atoms with Crippen molar-refractivity contribution in [3.63, 3.8) is 0 Å². The molecule has 2 rings (SSSR count). The van der Waals surface area contributed by atoms with Gasteiger partial charge in [-0.2, -0.15) is 4.98 Å². The van der Waals surface area contributed by atoms with Crippen molar-refractivity contribution in [1.29, 1.82) is 0 Å². The first-order valence-corrected chi connectivity index (χ1v) is 4.73. The number of anilines is 1. The Hall–Kier alpha value is -2.24. The molecule has 0 aliphatic carbocycles. The van der Waals surface area contributed by atoms with E-state index in [4.69, 9.17) is 10.5 Å². The van der Waals surface area contributed by atoms with Gasteiger partial charge in [0, 0.05) is 17.7 Å². The van der Waals surface area contributed by atoms with Gasteiger partial charge in [0.1, 0.15) is 11.6 Å². The SMILES string of the molecule is COc1cc(-c2cc(F)cc(F)c2)nc(N)n1. The molecule has 88 valence electrons. The third-order valence-electron chi connectivity index (χ3n) is 2.09. The Bertz CT molecular complexity index is 540. The summed E-state index contributed by atoms with van der Waals surface area (Å²) in [6.45, 7) is 0. The fraction of sp³-hybridized carbons (Fsp3) is 0.0909. The molecule has 0 atom stereocenters. The molecule has 1 aromatic carbocycles. The van der Waals surface area contributed by atoms with Crippen LogP contribution in [0.15, 0.2) is 24.3 Å². The minimum atomic E-state index is -0.684. The van der Waals surface area contributed by atoms with E-state index in [1.54, 1.807) is 0 Å². The van der Waals surface area contributed by atoms with Crippen molar-refractivity contribution in [2.75, 3.05) is 12.8 Å². The van der Waals surface area contributed by atoms with Crippen LogP contribution in [0.4, 0.5) is 14.7 Å². The van der Waals surface area contributed by atoms with Crippen molar-refractivity contribution in [3.8, 4) is 17.1 Å². The second-order valence-corrected chi connectivity index (χ2v) is 3.31. The summed E-state index contributed by atoms with van der Waals surface area (Å²) in [4.78, 5) is 7.67. The summed E-state index contributed by atoms with van der Waals surface area (Å²) in [6, 6.07) is 4.55. The van der Waals surface area contributed by atoms with Gasteiger partial charge in [0.05, 0.1) is 12.8 Å². The fourth-order valence-electron chi connectivity index (χ4n) is 1.40. The lowest BCUT2D eigenvalue weighted by molar-refractivity contribution is 0.398. The second-order valence-electron chi connectivity index (χ2n) is 3.31. The van der Waals surface area contributed by atoms with E-state index in [2.05, 4.69) is 9.97 Å². The number of halogens is 2. The van der Waals surface area contributed by atoms with E-state index < -0.39 is 11.6 Å². The van der Waals surface area contributed by atoms with Gasteiger partial charge in [-0.1, -0.05) is 0 Å². The molecule has 0 unspecified atom stereocenters. The third kappa shape index (κ3) is 2.47. The third-order valence-corrected chi connectivity index (χ3v) is 2.09. The summed E-state index contributed by atoms with van der Waals surface area (Å²) in [5.41, 5.74) is 6.03. The second kappa shape index (κ2) is 4.32. The smallest absolute Gasteiger partial charge is 0.223 e. The van der Waals surface area contributed by atoms with Crippen LogP contribution in [-0.4, -0.2) is 17.1 Å². The number of aromatic nitrogens is 2. The molecule has 0 aliphatic rings. The van der Waals surface area contributed by atoms with Crippen molar-refractivity contribution < 1.29 is 13.5 Å². The molecule has 6 heteroatoms. The van der Waals surface area contributed by atoms with Crippen LogP contribution in [0.5, 0.6) is 5.88 Å². The first-order chi connectivity index (χ1) is 8.08. The van der Waals surface area contributed by atoms with Crippen LogP contribution < -0.4 is 10.5 Å². The Labute approximate surface area is 96.1 Å². The summed E-state index contributed by atoms with van der Waals surface area (Å²) in [5, 5.41) is 0. The monoisotopic (exact) mass is 237 g/mol. The molecule has 0 radical (unpaired) electrons. The number of ether oxygens (including phenoxy) is 1. The number of nitrogens with two attached hydrogens (primary N) is 1. The number of methoxy groups -OCH3 is 1. The Balaban J connectivity index is 2.55. The van der Waals surface area contributed by atoms with Gasteiger partial charge >= 0.3 is 0 Å². The van der Waals surface area contributed by atoms with Crippen LogP contribution in [-0.2, 0) is 0 Å². The fourth-order valence-corrected chi connectivity index (χ4v) is 1.40. The lowest BCUT2D eigenvalue weighted by Gasteiger charge is -2.05. The molecule has 0 saturated carbocycles. The summed E-state index contributed by atoms with van der Waals surface area (Å²) in [5.74, 6) is -1.16. The van der Waals surface area contributed by atoms with Gasteiger partial charge in [-0.25, -0.2) is 13.8 Å². The Morgan fingerprint density at radius 3 is 2.29 bits per heavy atom. The highest BCUT2D eigenvalue weighted by Crippen LogP contribution is 2.23. The van der Waals surface area contributed by atoms with Gasteiger partial charge < -0.3 is 10.5 Å². The molecule has 0 fully saturated rings. The molecule has 0 amide bonds. The largest absolute Gasteiger partial charge is 0.481 e. The van der Waals surface area contributed by atoms with E-state index in [0.717, 1.165) is 18.2 Å². The predicted octanol–water partition coefficient (Wildman–Crippen LogP) is 2.01. The Morgan fingerprint density at radius 2 is 1.71 bits per heavy atom. The average Bonchev–Trinajstić information content (AvgIpc) is 2.26. The molecule has 1 aromatic heterocycles. The van der Waals surface area contributed by atoms with Crippen molar-refractivity contribution in [2.45, 2.75) is 0 Å². The van der Waals surface area contributed by atoms with Crippen molar-refractivity contribution in [1.82, 2.24) is 9.97 Å². The number of hydrogen-bond acceptors (Lipinski definition) is 4. The molecule has 1 heterocycles. The van der Waals surface area contributed by atoms with E-state index in [0.29, 0.717) is 5.69 Å². The quantitative estimate of drug-likeness (QED) is 0.867. The topological polar surface area (TPSA) is 61.0 Å². The van der Waals surface area contributed by atoms with Gasteiger partial charge in [0.25, 0.3) is 0 Å². The zero-order chi connectivity index (χ0) is 12.4. The maximum absolute atomic E-state index is 13.1. The number of nitrogen functional groups attached to an aromatic ring is 1. The maximum Gasteiger partial charge on any atom is 0.223 e. The number of benzene rings is 1. The number of nitrogens with zero attached hydrogens (tertiary/aromatic N) is 2. The Morgan fingerprint density at radius 1 is 1.06 bits per heavy atom. The minimum absolute atomic E-state index is 0.0241. The van der Waals surface area contributed by atoms with Crippen LogP contribution in [0.25, 0.3) is 11.3 Å². The van der Waals surface area contributed by atoms with Crippen molar-refractivity contribution >= 4 is 5.95 Å². The van der Waals surface area contributed by atoms with Gasteiger partial charge in [0.15, 0.2) is 0 Å². The molecule has 0 spiro atoms. The Kier molecular flexibility index (Phi) is 2.86. The van der Waals surface area contributed by atoms with Gasteiger partial charge in [-0.3, -0.25) is 0 Å². The molecule has 2 N–H and O–H groups in total. The standard InChI is InChI=1S/C11H9F2N3O/c1-17-10-5-9(15-11(14)16-10)6-2-7(12)4-8(13)3-6/h2-5H,1H3,(H2,14,15,16). The molecule has 4 nitrogen and oxygen atoms in total. The van der Waals surface area contributed by atoms with E-state index >= 15 is 0 Å². The summed E-state index contributed by atoms with van der Waals surface area (Å²) < 4.78 is 31.0. The van der Waals surface area contributed by atoms with Crippen molar-refractivity contribution in [2.24, 2.45) is 0 Å². The molecule has 17 heavy (non-hydrogen) atoms. The van der Waals surface area contributed by atoms with E-state index in [-0.39, 0.29) is 17.4 Å². The maximum atomic E-state index is 13.1. The summed E-state index contributed by atoms with van der Waals surface area (Å²) in [6.07, 6.45) is 0. The average molecular weight is 237 g/mol. The van der Waals surface area contributed by atoms with Gasteiger partial charge in [0.2, 0.25) is 11.8 Å². The lowest BCUT2D eigenvalue weighted by atomic mass is 10.1. The first-order valence-electron chi connectivity index (χ1n) is 4.73. The first kappa shape index (κ1) is 11.3. The highest BCUT2D eigenvalue weighted by atomic mass is 19.1. The number of rotatable bonds is 2. The van der Waals surface area contributed by atoms with Crippen LogP contribution in [0, 0.1) is 11.6 Å². The van der Waals surface area contributed by atoms with Crippen LogP contribution in [0.1, 0.15) is 0 Å². The summed E-state index contributed by atoms with van der Waals surface area (Å²) >= 11 is 0. The summed E-state index contributed by atoms with van der Waals surface area (Å²) in [7, 11) is 1.41. The van der Waals surface area contributed by atoms with Gasteiger partial charge in [-0.15, -0.1) is 0 Å². The van der Waals surface area contributed by atoms with Crippen LogP contribution >= 0.6 is 0 Å². The molecule has 0 bridgehead atoms. The number of hydrogen-bond donors (Lipinski definition) is 1. The molecule has 2 aromatic rings. The molecule has 0 saturated heterocycles. The lowest BCUT2D eigenvalue weighted by Crippen LogP contribution is -1.99. The normalized spacial score (nSPS) is 10.3. The van der Waals surface area contributed by atoms with Crippen LogP contribution in [0.2, 0.25) is 0 Å². The van der Waals surface area contributed by atoms with E-state index in [1.807, 2.05) is 0 Å². The zero-order valence-electron chi connectivity index (χ0n) is 8.95. The highest BCUT2D eigenvalue weighted by molar-refractivity contribution is 5.61. The van der Waals surface area contributed by atoms with Gasteiger partial charge in [-0.05, 0) is 12.1 Å². The van der Waals surface area contributed by atoms with Crippen molar-refractivity contribution in [3.05, 3.63) is 35.9 Å². The molecule has 0 aliphatic heterocycles. The van der Waals surface area contributed by atoms with E-state index in [9.17, 15) is 8.78 Å². The highest BCUT2D eigenvalue weighted by Gasteiger charge is 2.08. The predicted molar refractivity (Wildman–Crippen MR) is 58.3 cm³/mol. The zero-order valence-corrected chi connectivity index (χ0v) is 8.95. The van der Waals surface area contributed by atoms with Crippen LogP contribution in [0.3, 0.4) is 0 Å². The van der Waals surface area contributed by atoms with E-state index in [1.165, 1.54) is 13.2 Å². The minimum Gasteiger partial charge on any atom is -0.481 e.